The third-order valence-corrected chi connectivity index (χ3v) is 6.63. The molecule has 0 bridgehead atoms. The monoisotopic (exact) mass is 330 g/mol. The van der Waals surface area contributed by atoms with Crippen molar-refractivity contribution in [2.24, 2.45) is 0 Å². The van der Waals surface area contributed by atoms with Crippen molar-refractivity contribution in [2.75, 3.05) is 11.5 Å². The van der Waals surface area contributed by atoms with E-state index in [2.05, 4.69) is 45.3 Å². The van der Waals surface area contributed by atoms with E-state index in [0.29, 0.717) is 18.9 Å². The molecule has 0 unspecified atom stereocenters. The number of thiazole rings is 1. The Hall–Kier alpha value is -0.460. The number of nitrogens with zero attached hydrogens (tertiary/aromatic N) is 1. The predicted octanol–water partition coefficient (Wildman–Crippen LogP) is 2.84. The maximum Gasteiger partial charge on any atom is 0.150 e. The van der Waals surface area contributed by atoms with Crippen molar-refractivity contribution in [1.82, 2.24) is 10.3 Å². The number of hydrogen-bond donors (Lipinski definition) is 1. The number of hydrogen-bond acceptors (Lipinski definition) is 5. The van der Waals surface area contributed by atoms with Crippen molar-refractivity contribution in [3.63, 3.8) is 0 Å². The molecule has 0 radical (unpaired) electrons. The molecule has 21 heavy (non-hydrogen) atoms. The lowest BCUT2D eigenvalue weighted by Gasteiger charge is -2.38. The minimum atomic E-state index is -2.88. The van der Waals surface area contributed by atoms with Crippen LogP contribution in [0.1, 0.15) is 58.2 Å². The van der Waals surface area contributed by atoms with Gasteiger partial charge in [-0.3, -0.25) is 0 Å². The van der Waals surface area contributed by atoms with E-state index >= 15 is 0 Å². The van der Waals surface area contributed by atoms with Gasteiger partial charge in [-0.2, -0.15) is 0 Å². The third-order valence-electron chi connectivity index (χ3n) is 3.93. The number of aromatic nitrogens is 1. The van der Waals surface area contributed by atoms with E-state index in [1.165, 1.54) is 0 Å². The summed E-state index contributed by atoms with van der Waals surface area (Å²) in [5.74, 6) is 0.494. The van der Waals surface area contributed by atoms with Crippen LogP contribution in [0, 0.1) is 0 Å². The van der Waals surface area contributed by atoms with Gasteiger partial charge in [-0.05, 0) is 26.7 Å². The molecule has 1 aliphatic heterocycles. The molecule has 2 rings (SSSR count). The summed E-state index contributed by atoms with van der Waals surface area (Å²) in [5.41, 5.74) is 0.822. The first-order valence-electron chi connectivity index (χ1n) is 7.49. The van der Waals surface area contributed by atoms with Crippen molar-refractivity contribution in [2.45, 2.75) is 64.5 Å². The molecular weight excluding hydrogens is 304 g/mol. The van der Waals surface area contributed by atoms with E-state index < -0.39 is 9.84 Å². The van der Waals surface area contributed by atoms with Crippen LogP contribution in [0.25, 0.3) is 0 Å². The zero-order valence-electron chi connectivity index (χ0n) is 13.6. The summed E-state index contributed by atoms with van der Waals surface area (Å²) >= 11 is 1.66. The molecule has 120 valence electrons. The average Bonchev–Trinajstić information content (AvgIpc) is 2.81. The highest BCUT2D eigenvalue weighted by molar-refractivity contribution is 7.91. The van der Waals surface area contributed by atoms with Crippen molar-refractivity contribution < 1.29 is 8.42 Å². The first-order valence-corrected chi connectivity index (χ1v) is 10.2. The third kappa shape index (κ3) is 3.85. The second-order valence-electron chi connectivity index (χ2n) is 7.32. The standard InChI is InChI=1S/C15H26N2O2S2/c1-11(2)17-15(6-8-21(18,19)9-7-15)13-16-12(10-20-13)14(3,4)5/h10-11,17H,6-9H2,1-5H3. The number of nitrogens with one attached hydrogen (secondary N) is 1. The van der Waals surface area contributed by atoms with Gasteiger partial charge in [0, 0.05) is 16.8 Å². The summed E-state index contributed by atoms with van der Waals surface area (Å²) < 4.78 is 23.6. The lowest BCUT2D eigenvalue weighted by Crippen LogP contribution is -2.50. The fourth-order valence-corrected chi connectivity index (χ4v) is 5.49. The van der Waals surface area contributed by atoms with Crippen molar-refractivity contribution in [3.05, 3.63) is 16.1 Å². The first-order chi connectivity index (χ1) is 9.54. The molecule has 0 aliphatic carbocycles. The Bertz CT molecular complexity index is 583. The van der Waals surface area contributed by atoms with E-state index in [9.17, 15) is 8.42 Å². The highest BCUT2D eigenvalue weighted by atomic mass is 32.2. The summed E-state index contributed by atoms with van der Waals surface area (Å²) in [6.45, 7) is 10.7. The molecule has 0 atom stereocenters. The fourth-order valence-electron chi connectivity index (χ4n) is 2.70. The molecule has 1 N–H and O–H groups in total. The van der Waals surface area contributed by atoms with Gasteiger partial charge in [-0.25, -0.2) is 13.4 Å². The van der Waals surface area contributed by atoms with Gasteiger partial charge in [0.2, 0.25) is 0 Å². The molecule has 0 spiro atoms. The minimum absolute atomic E-state index is 0.0223. The topological polar surface area (TPSA) is 59.1 Å². The Morgan fingerprint density at radius 1 is 1.29 bits per heavy atom. The van der Waals surface area contributed by atoms with Gasteiger partial charge in [-0.15, -0.1) is 11.3 Å². The van der Waals surface area contributed by atoms with Crippen molar-refractivity contribution >= 4 is 21.2 Å². The van der Waals surface area contributed by atoms with Gasteiger partial charge in [0.25, 0.3) is 0 Å². The second-order valence-corrected chi connectivity index (χ2v) is 10.5. The maximum absolute atomic E-state index is 11.8. The average molecular weight is 331 g/mol. The molecule has 0 saturated carbocycles. The van der Waals surface area contributed by atoms with E-state index in [0.717, 1.165) is 10.7 Å². The van der Waals surface area contributed by atoms with Crippen molar-refractivity contribution in [3.8, 4) is 0 Å². The summed E-state index contributed by atoms with van der Waals surface area (Å²) in [6.07, 6.45) is 1.23. The van der Waals surface area contributed by atoms with Gasteiger partial charge >= 0.3 is 0 Å². The highest BCUT2D eigenvalue weighted by Crippen LogP contribution is 2.38. The molecule has 1 saturated heterocycles. The van der Waals surface area contributed by atoms with Crippen LogP contribution in [-0.2, 0) is 20.8 Å². The van der Waals surface area contributed by atoms with Gasteiger partial charge in [0.05, 0.1) is 22.7 Å². The Morgan fingerprint density at radius 3 is 2.29 bits per heavy atom. The van der Waals surface area contributed by atoms with Crippen LogP contribution in [0.2, 0.25) is 0 Å². The zero-order valence-corrected chi connectivity index (χ0v) is 15.2. The van der Waals surface area contributed by atoms with Gasteiger partial charge in [0.1, 0.15) is 14.8 Å². The highest BCUT2D eigenvalue weighted by Gasteiger charge is 2.41. The normalized spacial score (nSPS) is 21.6. The number of rotatable bonds is 3. The van der Waals surface area contributed by atoms with Crippen LogP contribution < -0.4 is 5.32 Å². The molecule has 0 amide bonds. The van der Waals surface area contributed by atoms with Gasteiger partial charge < -0.3 is 5.32 Å². The lowest BCUT2D eigenvalue weighted by molar-refractivity contribution is 0.274. The molecule has 0 aromatic carbocycles. The first kappa shape index (κ1) is 16.9. The smallest absolute Gasteiger partial charge is 0.150 e. The Kier molecular flexibility index (Phi) is 4.53. The summed E-state index contributed by atoms with van der Waals surface area (Å²) in [4.78, 5) is 4.84. The largest absolute Gasteiger partial charge is 0.303 e. The minimum Gasteiger partial charge on any atom is -0.303 e. The Balaban J connectivity index is 2.35. The molecule has 1 aromatic rings. The van der Waals surface area contributed by atoms with Crippen LogP contribution in [-0.4, -0.2) is 30.9 Å². The Labute approximate surface area is 132 Å². The second kappa shape index (κ2) is 5.63. The van der Waals surface area contributed by atoms with Crippen LogP contribution in [0.4, 0.5) is 0 Å². The Morgan fingerprint density at radius 2 is 1.86 bits per heavy atom. The molecule has 2 heterocycles. The molecular formula is C15H26N2O2S2. The van der Waals surface area contributed by atoms with Gasteiger partial charge in [-0.1, -0.05) is 20.8 Å². The zero-order chi connectivity index (χ0) is 15.9. The van der Waals surface area contributed by atoms with E-state index in [1.807, 2.05) is 0 Å². The predicted molar refractivity (Wildman–Crippen MR) is 88.7 cm³/mol. The maximum atomic E-state index is 11.8. The van der Waals surface area contributed by atoms with Crippen LogP contribution in [0.5, 0.6) is 0 Å². The van der Waals surface area contributed by atoms with Crippen LogP contribution in [0.15, 0.2) is 5.38 Å². The summed E-state index contributed by atoms with van der Waals surface area (Å²) in [5, 5.41) is 6.75. The fraction of sp³-hybridized carbons (Fsp3) is 0.800. The molecule has 1 aliphatic rings. The van der Waals surface area contributed by atoms with Crippen molar-refractivity contribution in [1.29, 1.82) is 0 Å². The quantitative estimate of drug-likeness (QED) is 0.926. The molecule has 1 aromatic heterocycles. The van der Waals surface area contributed by atoms with E-state index in [4.69, 9.17) is 4.98 Å². The van der Waals surface area contributed by atoms with E-state index in [1.54, 1.807) is 11.3 Å². The SMILES string of the molecule is CC(C)NC1(c2nc(C(C)(C)C)cs2)CCS(=O)(=O)CC1. The summed E-state index contributed by atoms with van der Waals surface area (Å²) in [7, 11) is -2.88. The lowest BCUT2D eigenvalue weighted by atomic mass is 9.90. The number of sulfone groups is 1. The molecule has 1 fully saturated rings. The molecule has 6 heteroatoms. The van der Waals surface area contributed by atoms with Gasteiger partial charge in [0.15, 0.2) is 0 Å². The van der Waals surface area contributed by atoms with E-state index in [-0.39, 0.29) is 22.5 Å². The van der Waals surface area contributed by atoms with Crippen LogP contribution in [0.3, 0.4) is 0 Å². The summed E-state index contributed by atoms with van der Waals surface area (Å²) in [6, 6.07) is 0.299. The molecule has 4 nitrogen and oxygen atoms in total. The van der Waals surface area contributed by atoms with Crippen LogP contribution >= 0.6 is 11.3 Å².